The molecule has 0 aromatic heterocycles. The molecule has 10 heteroatoms. The third-order valence-electron chi connectivity index (χ3n) is 4.31. The van der Waals surface area contributed by atoms with Crippen LogP contribution >= 0.6 is 24.0 Å². The second-order valence-corrected chi connectivity index (χ2v) is 6.47. The van der Waals surface area contributed by atoms with Crippen LogP contribution in [0.4, 0.5) is 4.79 Å². The van der Waals surface area contributed by atoms with Crippen LogP contribution in [0, 0.1) is 0 Å². The van der Waals surface area contributed by atoms with Crippen molar-refractivity contribution in [2.75, 3.05) is 33.4 Å². The van der Waals surface area contributed by atoms with Crippen molar-refractivity contribution in [1.29, 1.82) is 0 Å². The Morgan fingerprint density at radius 1 is 1.31 bits per heavy atom. The lowest BCUT2D eigenvalue weighted by Crippen LogP contribution is -2.49. The maximum atomic E-state index is 11.6. The molecule has 1 aliphatic heterocycles. The number of guanidine groups is 1. The van der Waals surface area contributed by atoms with E-state index in [2.05, 4.69) is 15.6 Å². The van der Waals surface area contributed by atoms with Crippen molar-refractivity contribution in [3.05, 3.63) is 29.8 Å². The molecule has 2 amide bonds. The quantitative estimate of drug-likeness (QED) is 0.285. The Balaban J connectivity index is 0.00000420. The minimum atomic E-state index is -0.514. The van der Waals surface area contributed by atoms with Crippen molar-refractivity contribution in [2.45, 2.75) is 32.4 Å². The molecule has 2 rings (SSSR count). The predicted molar refractivity (Wildman–Crippen MR) is 121 cm³/mol. The molecule has 0 bridgehead atoms. The zero-order valence-corrected chi connectivity index (χ0v) is 19.2. The third-order valence-corrected chi connectivity index (χ3v) is 4.31. The van der Waals surface area contributed by atoms with Gasteiger partial charge in [-0.1, -0.05) is 12.1 Å². The fourth-order valence-corrected chi connectivity index (χ4v) is 2.91. The number of hydrogen-bond donors (Lipinski definition) is 3. The van der Waals surface area contributed by atoms with E-state index in [1.54, 1.807) is 11.0 Å². The highest BCUT2D eigenvalue weighted by Gasteiger charge is 2.23. The largest absolute Gasteiger partial charge is 0.484 e. The van der Waals surface area contributed by atoms with Crippen molar-refractivity contribution < 1.29 is 19.1 Å². The summed E-state index contributed by atoms with van der Waals surface area (Å²) >= 11 is 0. The van der Waals surface area contributed by atoms with Gasteiger partial charge in [-0.25, -0.2) is 9.79 Å². The number of benzene rings is 1. The third kappa shape index (κ3) is 8.75. The molecule has 1 fully saturated rings. The first-order chi connectivity index (χ1) is 13.5. The summed E-state index contributed by atoms with van der Waals surface area (Å²) in [5.74, 6) is 0.794. The molecule has 1 heterocycles. The van der Waals surface area contributed by atoms with Gasteiger partial charge in [0, 0.05) is 25.7 Å². The molecular weight excluding hydrogens is 489 g/mol. The van der Waals surface area contributed by atoms with Crippen LogP contribution in [0.5, 0.6) is 5.75 Å². The predicted octanol–water partition coefficient (Wildman–Crippen LogP) is 1.45. The number of aliphatic imine (C=N–C) groups is 1. The smallest absolute Gasteiger partial charge is 0.409 e. The van der Waals surface area contributed by atoms with Crippen molar-refractivity contribution in [1.82, 2.24) is 15.5 Å². The number of carbonyl (C=O) groups is 2. The molecule has 0 saturated carbocycles. The standard InChI is InChI=1S/C19H29N5O4.HI/c1-3-21-18(23-15-7-9-24(10-8-15)19(26)27-2)22-12-14-5-4-6-16(11-14)28-13-17(20)25;/h4-6,11,15H,3,7-10,12-13H2,1-2H3,(H2,20,25)(H2,21,22,23);1H. The molecular formula is C19H30IN5O4. The summed E-state index contributed by atoms with van der Waals surface area (Å²) < 4.78 is 10.1. The van der Waals surface area contributed by atoms with Gasteiger partial charge < -0.3 is 30.7 Å². The number of primary amides is 1. The first kappa shape index (κ1) is 24.8. The molecule has 9 nitrogen and oxygen atoms in total. The highest BCUT2D eigenvalue weighted by atomic mass is 127. The molecule has 0 aliphatic carbocycles. The van der Waals surface area contributed by atoms with E-state index in [1.165, 1.54) is 7.11 Å². The maximum Gasteiger partial charge on any atom is 0.409 e. The highest BCUT2D eigenvalue weighted by Crippen LogP contribution is 2.14. The molecule has 0 radical (unpaired) electrons. The fourth-order valence-electron chi connectivity index (χ4n) is 2.91. The summed E-state index contributed by atoms with van der Waals surface area (Å²) in [7, 11) is 1.40. The van der Waals surface area contributed by atoms with Crippen molar-refractivity contribution in [3.63, 3.8) is 0 Å². The second-order valence-electron chi connectivity index (χ2n) is 6.47. The summed E-state index contributed by atoms with van der Waals surface area (Å²) in [4.78, 5) is 28.8. The SMILES string of the molecule is CCNC(=NCc1cccc(OCC(N)=O)c1)NC1CCN(C(=O)OC)CC1.I. The number of amides is 2. The van der Waals surface area contributed by atoms with Crippen molar-refractivity contribution >= 4 is 41.9 Å². The second kappa shape index (κ2) is 13.1. The van der Waals surface area contributed by atoms with Crippen molar-refractivity contribution in [2.24, 2.45) is 10.7 Å². The number of ether oxygens (including phenoxy) is 2. The summed E-state index contributed by atoms with van der Waals surface area (Å²) in [6.45, 7) is 4.38. The molecule has 29 heavy (non-hydrogen) atoms. The van der Waals surface area contributed by atoms with Gasteiger partial charge in [-0.05, 0) is 37.5 Å². The molecule has 0 atom stereocenters. The molecule has 0 unspecified atom stereocenters. The van der Waals surface area contributed by atoms with E-state index in [4.69, 9.17) is 15.2 Å². The lowest BCUT2D eigenvalue weighted by molar-refractivity contribution is -0.119. The minimum absolute atomic E-state index is 0. The number of nitrogens with one attached hydrogen (secondary N) is 2. The van der Waals surface area contributed by atoms with Crippen molar-refractivity contribution in [3.8, 4) is 5.75 Å². The first-order valence-electron chi connectivity index (χ1n) is 9.39. The van der Waals surface area contributed by atoms with Crippen LogP contribution in [0.25, 0.3) is 0 Å². The maximum absolute atomic E-state index is 11.6. The molecule has 1 saturated heterocycles. The van der Waals surface area contributed by atoms with Gasteiger partial charge in [0.15, 0.2) is 12.6 Å². The van der Waals surface area contributed by atoms with Gasteiger partial charge in [0.2, 0.25) is 0 Å². The molecule has 1 aromatic rings. The number of nitrogens with two attached hydrogens (primary N) is 1. The average molecular weight is 519 g/mol. The number of methoxy groups -OCH3 is 1. The normalized spacial score (nSPS) is 14.6. The Labute approximate surface area is 188 Å². The molecule has 0 spiro atoms. The Morgan fingerprint density at radius 3 is 2.66 bits per heavy atom. The number of carbonyl (C=O) groups excluding carboxylic acids is 2. The Morgan fingerprint density at radius 2 is 2.03 bits per heavy atom. The summed E-state index contributed by atoms with van der Waals surface area (Å²) in [6.07, 6.45) is 1.38. The van der Waals surface area contributed by atoms with Crippen LogP contribution in [-0.2, 0) is 16.1 Å². The van der Waals surface area contributed by atoms with Gasteiger partial charge >= 0.3 is 6.09 Å². The van der Waals surface area contributed by atoms with E-state index < -0.39 is 5.91 Å². The number of piperidine rings is 1. The Bertz CT molecular complexity index is 693. The number of halogens is 1. The topological polar surface area (TPSA) is 118 Å². The Kier molecular flexibility index (Phi) is 11.2. The number of likely N-dealkylation sites (tertiary alicyclic amines) is 1. The van der Waals surface area contributed by atoms with E-state index >= 15 is 0 Å². The summed E-state index contributed by atoms with van der Waals surface area (Å²) in [5, 5.41) is 6.67. The van der Waals surface area contributed by atoms with E-state index in [0.29, 0.717) is 25.4 Å². The van der Waals surface area contributed by atoms with Crippen LogP contribution in [0.1, 0.15) is 25.3 Å². The van der Waals surface area contributed by atoms with Crippen LogP contribution in [-0.4, -0.2) is 62.3 Å². The van der Waals surface area contributed by atoms with E-state index in [1.807, 2.05) is 25.1 Å². The number of hydrogen-bond acceptors (Lipinski definition) is 5. The van der Waals surface area contributed by atoms with Gasteiger partial charge in [0.1, 0.15) is 5.75 Å². The van der Waals surface area contributed by atoms with Crippen LogP contribution in [0.15, 0.2) is 29.3 Å². The molecule has 4 N–H and O–H groups in total. The van der Waals surface area contributed by atoms with E-state index in [0.717, 1.165) is 30.9 Å². The lowest BCUT2D eigenvalue weighted by atomic mass is 10.1. The van der Waals surface area contributed by atoms with Crippen LogP contribution in [0.2, 0.25) is 0 Å². The summed E-state index contributed by atoms with van der Waals surface area (Å²) in [5.41, 5.74) is 6.06. The van der Waals surface area contributed by atoms with E-state index in [-0.39, 0.29) is 42.7 Å². The lowest BCUT2D eigenvalue weighted by Gasteiger charge is -2.32. The molecule has 1 aromatic carbocycles. The molecule has 162 valence electrons. The zero-order chi connectivity index (χ0) is 20.4. The monoisotopic (exact) mass is 519 g/mol. The van der Waals surface area contributed by atoms with E-state index in [9.17, 15) is 9.59 Å². The zero-order valence-electron chi connectivity index (χ0n) is 16.8. The first-order valence-corrected chi connectivity index (χ1v) is 9.39. The fraction of sp³-hybridized carbons (Fsp3) is 0.526. The number of nitrogens with zero attached hydrogens (tertiary/aromatic N) is 2. The summed E-state index contributed by atoms with van der Waals surface area (Å²) in [6, 6.07) is 7.65. The van der Waals surface area contributed by atoms with Gasteiger partial charge in [-0.3, -0.25) is 4.79 Å². The Hall–Kier alpha value is -2.24. The minimum Gasteiger partial charge on any atom is -0.484 e. The molecule has 1 aliphatic rings. The number of rotatable bonds is 7. The average Bonchev–Trinajstić information content (AvgIpc) is 2.71. The van der Waals surface area contributed by atoms with Crippen LogP contribution < -0.4 is 21.1 Å². The van der Waals surface area contributed by atoms with Crippen LogP contribution in [0.3, 0.4) is 0 Å². The highest BCUT2D eigenvalue weighted by molar-refractivity contribution is 14.0. The van der Waals surface area contributed by atoms with Gasteiger partial charge in [-0.15, -0.1) is 24.0 Å². The van der Waals surface area contributed by atoms with Gasteiger partial charge in [0.05, 0.1) is 13.7 Å². The van der Waals surface area contributed by atoms with Gasteiger partial charge in [0.25, 0.3) is 5.91 Å². The van der Waals surface area contributed by atoms with Gasteiger partial charge in [-0.2, -0.15) is 0 Å².